The molecular weight excluding hydrogens is 357 g/mol. The molecule has 23 heavy (non-hydrogen) atoms. The number of hydrogen-bond donors (Lipinski definition) is 1. The summed E-state index contributed by atoms with van der Waals surface area (Å²) < 4.78 is 25.0. The van der Waals surface area contributed by atoms with E-state index in [-0.39, 0.29) is 6.04 Å². The number of benzene rings is 1. The fourth-order valence-electron chi connectivity index (χ4n) is 3.45. The third kappa shape index (κ3) is 3.94. The van der Waals surface area contributed by atoms with E-state index in [1.54, 1.807) is 10.5 Å². The molecule has 1 aromatic carbocycles. The van der Waals surface area contributed by atoms with E-state index in [9.17, 15) is 8.42 Å². The zero-order valence-electron chi connectivity index (χ0n) is 12.8. The molecule has 2 saturated heterocycles. The largest absolute Gasteiger partial charge is 0.370 e. The summed E-state index contributed by atoms with van der Waals surface area (Å²) in [6, 6.07) is 5.56. The van der Waals surface area contributed by atoms with Gasteiger partial charge in [-0.3, -0.25) is 0 Å². The minimum atomic E-state index is -2.58. The Morgan fingerprint density at radius 2 is 1.70 bits per heavy atom. The fraction of sp³-hybridized carbons (Fsp3) is 0.600. The highest BCUT2D eigenvalue weighted by Gasteiger charge is 2.32. The second-order valence-electron chi connectivity index (χ2n) is 6.03. The first-order valence-corrected chi connectivity index (χ1v) is 9.83. The lowest BCUT2D eigenvalue weighted by Crippen LogP contribution is -2.51. The van der Waals surface area contributed by atoms with Gasteiger partial charge in [0.2, 0.25) is 10.9 Å². The quantitative estimate of drug-likeness (QED) is 0.819. The molecule has 2 heterocycles. The molecule has 0 radical (unpaired) electrons. The molecule has 0 atom stereocenters. The van der Waals surface area contributed by atoms with Crippen LogP contribution in [0.25, 0.3) is 0 Å². The molecule has 3 rings (SSSR count). The van der Waals surface area contributed by atoms with Gasteiger partial charge in [-0.15, -0.1) is 4.41 Å². The summed E-state index contributed by atoms with van der Waals surface area (Å²) in [5.41, 5.74) is 0.966. The molecule has 0 aromatic heterocycles. The Morgan fingerprint density at radius 1 is 1.04 bits per heavy atom. The number of rotatable bonds is 4. The van der Waals surface area contributed by atoms with Gasteiger partial charge in [0.25, 0.3) is 0 Å². The number of anilines is 1. The maximum Gasteiger partial charge on any atom is 0.217 e. The molecule has 2 fully saturated rings. The van der Waals surface area contributed by atoms with E-state index >= 15 is 0 Å². The number of thiol groups is 1. The Labute approximate surface area is 148 Å². The average molecular weight is 378 g/mol. The Bertz CT molecular complexity index is 619. The molecule has 0 saturated carbocycles. The number of nitrogens with zero attached hydrogens (tertiary/aromatic N) is 3. The zero-order valence-corrected chi connectivity index (χ0v) is 15.2. The van der Waals surface area contributed by atoms with Crippen molar-refractivity contribution in [1.82, 2.24) is 9.42 Å². The van der Waals surface area contributed by atoms with Crippen LogP contribution in [0, 0.1) is 0 Å². The van der Waals surface area contributed by atoms with Crippen LogP contribution in [0.1, 0.15) is 25.7 Å². The Hall–Kier alpha value is -0.530. The second kappa shape index (κ2) is 7.57. The molecule has 8 heteroatoms. The molecule has 0 aliphatic carbocycles. The van der Waals surface area contributed by atoms with Gasteiger partial charge in [-0.1, -0.05) is 23.2 Å². The molecular formula is C15H21Cl2N3O2S. The average Bonchev–Trinajstić information content (AvgIpc) is 3.02. The van der Waals surface area contributed by atoms with E-state index in [1.807, 2.05) is 17.1 Å². The number of hydrazine groups is 1. The van der Waals surface area contributed by atoms with Gasteiger partial charge in [0.1, 0.15) is 0 Å². The van der Waals surface area contributed by atoms with E-state index in [0.717, 1.165) is 57.5 Å². The minimum Gasteiger partial charge on any atom is -0.370 e. The molecule has 0 bridgehead atoms. The van der Waals surface area contributed by atoms with E-state index in [0.29, 0.717) is 10.0 Å². The van der Waals surface area contributed by atoms with Crippen molar-refractivity contribution < 1.29 is 8.42 Å². The van der Waals surface area contributed by atoms with Gasteiger partial charge in [-0.2, -0.15) is 0 Å². The van der Waals surface area contributed by atoms with Gasteiger partial charge in [0.15, 0.2) is 0 Å². The van der Waals surface area contributed by atoms with Crippen LogP contribution in [-0.2, 0) is 10.9 Å². The summed E-state index contributed by atoms with van der Waals surface area (Å²) in [7, 11) is -2.58. The SMILES string of the molecule is O=[SH](=O)N(C1CCN(c2ccc(Cl)cc2Cl)CC1)N1CCCC1. The maximum atomic E-state index is 11.7. The van der Waals surface area contributed by atoms with Crippen LogP contribution in [-0.4, -0.2) is 50.1 Å². The van der Waals surface area contributed by atoms with Gasteiger partial charge >= 0.3 is 0 Å². The molecule has 5 nitrogen and oxygen atoms in total. The van der Waals surface area contributed by atoms with Gasteiger partial charge in [0.05, 0.1) is 10.7 Å². The lowest BCUT2D eigenvalue weighted by molar-refractivity contribution is 0.0420. The van der Waals surface area contributed by atoms with Crippen molar-refractivity contribution in [1.29, 1.82) is 0 Å². The summed E-state index contributed by atoms with van der Waals surface area (Å²) in [4.78, 5) is 2.20. The van der Waals surface area contributed by atoms with Crippen LogP contribution in [0.2, 0.25) is 10.0 Å². The van der Waals surface area contributed by atoms with Gasteiger partial charge in [0, 0.05) is 37.2 Å². The Morgan fingerprint density at radius 3 is 2.26 bits per heavy atom. The summed E-state index contributed by atoms with van der Waals surface area (Å²) >= 11 is 12.2. The van der Waals surface area contributed by atoms with Crippen LogP contribution in [0.5, 0.6) is 0 Å². The maximum absolute atomic E-state index is 11.7. The van der Waals surface area contributed by atoms with Gasteiger partial charge in [-0.05, 0) is 43.9 Å². The van der Waals surface area contributed by atoms with Crippen LogP contribution < -0.4 is 4.90 Å². The van der Waals surface area contributed by atoms with E-state index in [4.69, 9.17) is 23.2 Å². The third-order valence-electron chi connectivity index (χ3n) is 4.58. The van der Waals surface area contributed by atoms with Crippen molar-refractivity contribution in [2.24, 2.45) is 0 Å². The lowest BCUT2D eigenvalue weighted by Gasteiger charge is -2.40. The molecule has 2 aliphatic heterocycles. The van der Waals surface area contributed by atoms with Crippen molar-refractivity contribution in [3.63, 3.8) is 0 Å². The van der Waals surface area contributed by atoms with Crippen molar-refractivity contribution in [2.45, 2.75) is 31.7 Å². The lowest BCUT2D eigenvalue weighted by atomic mass is 10.0. The normalized spacial score (nSPS) is 20.8. The first-order chi connectivity index (χ1) is 11.1. The van der Waals surface area contributed by atoms with E-state index in [1.165, 1.54) is 0 Å². The van der Waals surface area contributed by atoms with E-state index in [2.05, 4.69) is 4.90 Å². The summed E-state index contributed by atoms with van der Waals surface area (Å²) in [6.45, 7) is 3.26. The van der Waals surface area contributed by atoms with Crippen molar-refractivity contribution in [3.05, 3.63) is 28.2 Å². The molecule has 1 aromatic rings. The standard InChI is InChI=1S/C15H21Cl2N3O2S/c16-12-3-4-15(14(17)11-12)18-9-5-13(6-10-18)20(23(21)22)19-7-1-2-8-19/h3-4,11,13,23H,1-2,5-10H2. The number of hydrogen-bond acceptors (Lipinski definition) is 4. The molecule has 0 amide bonds. The van der Waals surface area contributed by atoms with Crippen LogP contribution >= 0.6 is 23.2 Å². The molecule has 0 unspecified atom stereocenters. The number of halogens is 2. The minimum absolute atomic E-state index is 0.0523. The van der Waals surface area contributed by atoms with Crippen LogP contribution in [0.15, 0.2) is 18.2 Å². The van der Waals surface area contributed by atoms with Crippen LogP contribution in [0.3, 0.4) is 0 Å². The first-order valence-electron chi connectivity index (χ1n) is 7.94. The molecule has 0 N–H and O–H groups in total. The van der Waals surface area contributed by atoms with Crippen molar-refractivity contribution >= 4 is 39.8 Å². The first kappa shape index (κ1) is 17.3. The highest BCUT2D eigenvalue weighted by Crippen LogP contribution is 2.32. The third-order valence-corrected chi connectivity index (χ3v) is 6.03. The van der Waals surface area contributed by atoms with Crippen LogP contribution in [0.4, 0.5) is 5.69 Å². The number of piperidine rings is 1. The summed E-state index contributed by atoms with van der Waals surface area (Å²) in [5, 5.41) is 3.25. The van der Waals surface area contributed by atoms with Gasteiger partial charge < -0.3 is 4.90 Å². The van der Waals surface area contributed by atoms with E-state index < -0.39 is 10.9 Å². The molecule has 2 aliphatic rings. The second-order valence-corrected chi connectivity index (χ2v) is 7.76. The predicted octanol–water partition coefficient (Wildman–Crippen LogP) is 2.80. The highest BCUT2D eigenvalue weighted by molar-refractivity contribution is 7.69. The summed E-state index contributed by atoms with van der Waals surface area (Å²) in [6.07, 6.45) is 3.75. The zero-order chi connectivity index (χ0) is 16.4. The monoisotopic (exact) mass is 377 g/mol. The topological polar surface area (TPSA) is 43.9 Å². The van der Waals surface area contributed by atoms with Gasteiger partial charge in [-0.25, -0.2) is 13.4 Å². The van der Waals surface area contributed by atoms with Crippen molar-refractivity contribution in [2.75, 3.05) is 31.1 Å². The Balaban J connectivity index is 1.67. The highest BCUT2D eigenvalue weighted by atomic mass is 35.5. The molecule has 128 valence electrons. The fourth-order valence-corrected chi connectivity index (χ4v) is 4.86. The predicted molar refractivity (Wildman–Crippen MR) is 94.7 cm³/mol. The Kier molecular flexibility index (Phi) is 5.69. The summed E-state index contributed by atoms with van der Waals surface area (Å²) in [5.74, 6) is 0. The van der Waals surface area contributed by atoms with Crippen molar-refractivity contribution in [3.8, 4) is 0 Å². The molecule has 0 spiro atoms. The smallest absolute Gasteiger partial charge is 0.217 e.